The molecule has 0 saturated heterocycles. The third kappa shape index (κ3) is 3.62. The minimum atomic E-state index is -4.09. The standard InChI is InChI=1S/C14H19F3N2O/c1-9-2-3-10(8-18)13(19-9)20-12-6-4-11(5-7-12)14(15,16)17/h2-3,11-12H,4-8,18H2,1H3. The lowest BCUT2D eigenvalue weighted by molar-refractivity contribution is -0.185. The maximum absolute atomic E-state index is 12.6. The Morgan fingerprint density at radius 1 is 1.25 bits per heavy atom. The molecule has 1 aliphatic carbocycles. The smallest absolute Gasteiger partial charge is 0.391 e. The van der Waals surface area contributed by atoms with E-state index in [2.05, 4.69) is 4.98 Å². The lowest BCUT2D eigenvalue weighted by Crippen LogP contribution is -2.32. The van der Waals surface area contributed by atoms with Crippen molar-refractivity contribution in [3.63, 3.8) is 0 Å². The number of aryl methyl sites for hydroxylation is 1. The third-order valence-corrected chi connectivity index (χ3v) is 3.71. The van der Waals surface area contributed by atoms with Gasteiger partial charge in [0.2, 0.25) is 5.88 Å². The van der Waals surface area contributed by atoms with Gasteiger partial charge in [0.05, 0.1) is 5.92 Å². The lowest BCUT2D eigenvalue weighted by Gasteiger charge is -2.30. The second-order valence-corrected chi connectivity index (χ2v) is 5.25. The number of aromatic nitrogens is 1. The summed E-state index contributed by atoms with van der Waals surface area (Å²) in [6.45, 7) is 2.15. The van der Waals surface area contributed by atoms with Gasteiger partial charge in [0.25, 0.3) is 0 Å². The fourth-order valence-electron chi connectivity index (χ4n) is 2.48. The van der Waals surface area contributed by atoms with Gasteiger partial charge in [-0.1, -0.05) is 6.07 Å². The van der Waals surface area contributed by atoms with E-state index in [9.17, 15) is 13.2 Å². The van der Waals surface area contributed by atoms with E-state index in [0.29, 0.717) is 25.3 Å². The predicted octanol–water partition coefficient (Wildman–Crippen LogP) is 3.35. The van der Waals surface area contributed by atoms with Crippen molar-refractivity contribution >= 4 is 0 Å². The van der Waals surface area contributed by atoms with Crippen LogP contribution in [0.4, 0.5) is 13.2 Å². The van der Waals surface area contributed by atoms with Crippen molar-refractivity contribution in [1.29, 1.82) is 0 Å². The molecule has 1 fully saturated rings. The van der Waals surface area contributed by atoms with Crippen LogP contribution in [0.1, 0.15) is 36.9 Å². The number of rotatable bonds is 3. The summed E-state index contributed by atoms with van der Waals surface area (Å²) in [6.07, 6.45) is -3.23. The van der Waals surface area contributed by atoms with Crippen LogP contribution in [0.2, 0.25) is 0 Å². The maximum atomic E-state index is 12.6. The van der Waals surface area contributed by atoms with Crippen LogP contribution in [0.25, 0.3) is 0 Å². The fraction of sp³-hybridized carbons (Fsp3) is 0.643. The number of ether oxygens (including phenoxy) is 1. The van der Waals surface area contributed by atoms with E-state index in [1.165, 1.54) is 0 Å². The Balaban J connectivity index is 1.97. The van der Waals surface area contributed by atoms with Crippen molar-refractivity contribution in [2.45, 2.75) is 51.4 Å². The van der Waals surface area contributed by atoms with E-state index in [1.54, 1.807) is 0 Å². The van der Waals surface area contributed by atoms with Crippen LogP contribution in [0.5, 0.6) is 5.88 Å². The Kier molecular flexibility index (Phi) is 4.52. The van der Waals surface area contributed by atoms with Crippen molar-refractivity contribution in [3.05, 3.63) is 23.4 Å². The molecule has 3 nitrogen and oxygen atoms in total. The monoisotopic (exact) mass is 288 g/mol. The van der Waals surface area contributed by atoms with E-state index in [4.69, 9.17) is 10.5 Å². The van der Waals surface area contributed by atoms with Gasteiger partial charge >= 0.3 is 6.18 Å². The summed E-state index contributed by atoms with van der Waals surface area (Å²) in [5, 5.41) is 0. The largest absolute Gasteiger partial charge is 0.474 e. The number of pyridine rings is 1. The molecule has 0 bridgehead atoms. The molecule has 20 heavy (non-hydrogen) atoms. The lowest BCUT2D eigenvalue weighted by atomic mass is 9.87. The van der Waals surface area contributed by atoms with Crippen molar-refractivity contribution in [2.75, 3.05) is 0 Å². The van der Waals surface area contributed by atoms with Crippen LogP contribution in [0, 0.1) is 12.8 Å². The summed E-state index contributed by atoms with van der Waals surface area (Å²) in [5.41, 5.74) is 7.21. The van der Waals surface area contributed by atoms with Gasteiger partial charge in [0, 0.05) is 17.8 Å². The molecule has 0 amide bonds. The average molecular weight is 288 g/mol. The number of alkyl halides is 3. The highest BCUT2D eigenvalue weighted by Crippen LogP contribution is 2.38. The molecule has 6 heteroatoms. The summed E-state index contributed by atoms with van der Waals surface area (Å²) in [7, 11) is 0. The van der Waals surface area contributed by atoms with Gasteiger partial charge < -0.3 is 10.5 Å². The fourth-order valence-corrected chi connectivity index (χ4v) is 2.48. The molecule has 1 heterocycles. The second kappa shape index (κ2) is 5.99. The number of nitrogens with zero attached hydrogens (tertiary/aromatic N) is 1. The topological polar surface area (TPSA) is 48.1 Å². The first-order valence-corrected chi connectivity index (χ1v) is 6.80. The second-order valence-electron chi connectivity index (χ2n) is 5.25. The third-order valence-electron chi connectivity index (χ3n) is 3.71. The zero-order valence-corrected chi connectivity index (χ0v) is 11.4. The van der Waals surface area contributed by atoms with E-state index >= 15 is 0 Å². The van der Waals surface area contributed by atoms with Gasteiger partial charge in [0.1, 0.15) is 6.10 Å². The van der Waals surface area contributed by atoms with Crippen LogP contribution in [0.3, 0.4) is 0 Å². The molecule has 112 valence electrons. The van der Waals surface area contributed by atoms with Gasteiger partial charge in [0.15, 0.2) is 0 Å². The van der Waals surface area contributed by atoms with Crippen molar-refractivity contribution in [3.8, 4) is 5.88 Å². The Morgan fingerprint density at radius 2 is 1.90 bits per heavy atom. The molecule has 1 aromatic heterocycles. The van der Waals surface area contributed by atoms with Crippen molar-refractivity contribution in [2.24, 2.45) is 11.7 Å². The molecule has 0 unspecified atom stereocenters. The molecule has 0 aliphatic heterocycles. The number of hydrogen-bond donors (Lipinski definition) is 1. The van der Waals surface area contributed by atoms with Gasteiger partial charge in [-0.25, -0.2) is 4.98 Å². The van der Waals surface area contributed by atoms with Crippen LogP contribution in [-0.4, -0.2) is 17.3 Å². The van der Waals surface area contributed by atoms with Crippen molar-refractivity contribution < 1.29 is 17.9 Å². The van der Waals surface area contributed by atoms with Crippen LogP contribution >= 0.6 is 0 Å². The van der Waals surface area contributed by atoms with E-state index in [1.807, 2.05) is 19.1 Å². The average Bonchev–Trinajstić information content (AvgIpc) is 2.38. The Labute approximate surface area is 116 Å². The number of hydrogen-bond acceptors (Lipinski definition) is 3. The summed E-state index contributed by atoms with van der Waals surface area (Å²) in [5.74, 6) is -0.732. The molecule has 1 saturated carbocycles. The molecule has 0 spiro atoms. The first-order chi connectivity index (χ1) is 9.40. The summed E-state index contributed by atoms with van der Waals surface area (Å²) >= 11 is 0. The summed E-state index contributed by atoms with van der Waals surface area (Å²) in [4.78, 5) is 4.28. The summed E-state index contributed by atoms with van der Waals surface area (Å²) < 4.78 is 43.6. The van der Waals surface area contributed by atoms with Gasteiger partial charge in [-0.15, -0.1) is 0 Å². The van der Waals surface area contributed by atoms with Gasteiger partial charge in [-0.3, -0.25) is 0 Å². The normalized spacial score (nSPS) is 23.6. The molecular weight excluding hydrogens is 269 g/mol. The van der Waals surface area contributed by atoms with E-state index < -0.39 is 12.1 Å². The molecule has 2 rings (SSSR count). The maximum Gasteiger partial charge on any atom is 0.391 e. The molecular formula is C14H19F3N2O. The SMILES string of the molecule is Cc1ccc(CN)c(OC2CCC(C(F)(F)F)CC2)n1. The molecule has 0 atom stereocenters. The van der Waals surface area contributed by atoms with Crippen molar-refractivity contribution in [1.82, 2.24) is 4.98 Å². The zero-order chi connectivity index (χ0) is 14.8. The van der Waals surface area contributed by atoms with Gasteiger partial charge in [-0.05, 0) is 38.7 Å². The first-order valence-electron chi connectivity index (χ1n) is 6.80. The minimum Gasteiger partial charge on any atom is -0.474 e. The van der Waals surface area contributed by atoms with Crippen LogP contribution in [0.15, 0.2) is 12.1 Å². The van der Waals surface area contributed by atoms with E-state index in [-0.39, 0.29) is 18.9 Å². The summed E-state index contributed by atoms with van der Waals surface area (Å²) in [6, 6.07) is 3.69. The van der Waals surface area contributed by atoms with E-state index in [0.717, 1.165) is 11.3 Å². The number of halogens is 3. The Hall–Kier alpha value is -1.30. The van der Waals surface area contributed by atoms with Crippen LogP contribution in [-0.2, 0) is 6.54 Å². The van der Waals surface area contributed by atoms with Crippen LogP contribution < -0.4 is 10.5 Å². The molecule has 1 aliphatic rings. The van der Waals surface area contributed by atoms with Gasteiger partial charge in [-0.2, -0.15) is 13.2 Å². The molecule has 0 radical (unpaired) electrons. The molecule has 1 aromatic rings. The quantitative estimate of drug-likeness (QED) is 0.928. The highest BCUT2D eigenvalue weighted by atomic mass is 19.4. The first kappa shape index (κ1) is 15.1. The minimum absolute atomic E-state index is 0.123. The predicted molar refractivity (Wildman–Crippen MR) is 69.3 cm³/mol. The highest BCUT2D eigenvalue weighted by molar-refractivity contribution is 5.28. The Bertz CT molecular complexity index is 454. The molecule has 0 aromatic carbocycles. The Morgan fingerprint density at radius 3 is 2.45 bits per heavy atom. The highest BCUT2D eigenvalue weighted by Gasteiger charge is 2.41. The molecule has 2 N–H and O–H groups in total. The zero-order valence-electron chi connectivity index (χ0n) is 11.4. The number of nitrogens with two attached hydrogens (primary N) is 1.